The first-order valence-electron chi connectivity index (χ1n) is 11.8. The Bertz CT molecular complexity index is 1310. The van der Waals surface area contributed by atoms with Gasteiger partial charge in [0.1, 0.15) is 6.54 Å². The van der Waals surface area contributed by atoms with Gasteiger partial charge in [-0.2, -0.15) is 0 Å². The van der Waals surface area contributed by atoms with E-state index < -0.39 is 27.4 Å². The fourth-order valence-corrected chi connectivity index (χ4v) is 5.59. The van der Waals surface area contributed by atoms with Crippen molar-refractivity contribution in [2.24, 2.45) is 0 Å². The van der Waals surface area contributed by atoms with Crippen LogP contribution in [0.15, 0.2) is 83.8 Å². The monoisotopic (exact) mass is 508 g/mol. The van der Waals surface area contributed by atoms with Crippen molar-refractivity contribution in [2.75, 3.05) is 28.8 Å². The standard InChI is InChI=1S/C26H28N4O5S/c31-26(27-19-21-12-14-22(15-13-21)28-16-5-2-6-17-28)20-29(23-8-7-9-24(18-23)30(32)33)36(34,35)25-10-3-1-4-11-25/h1,3-4,7-15,18H,2,5-6,16-17,19-20H2,(H,27,31). The molecule has 1 saturated heterocycles. The third-order valence-corrected chi connectivity index (χ3v) is 7.88. The molecule has 0 unspecified atom stereocenters. The second-order valence-electron chi connectivity index (χ2n) is 8.59. The first-order valence-corrected chi connectivity index (χ1v) is 13.2. The number of nitro groups is 1. The molecular formula is C26H28N4O5S. The van der Waals surface area contributed by atoms with E-state index in [1.54, 1.807) is 18.2 Å². The van der Waals surface area contributed by atoms with Crippen LogP contribution in [0.5, 0.6) is 0 Å². The molecule has 0 bridgehead atoms. The number of nitrogens with zero attached hydrogens (tertiary/aromatic N) is 3. The van der Waals surface area contributed by atoms with Gasteiger partial charge in [-0.3, -0.25) is 19.2 Å². The van der Waals surface area contributed by atoms with Gasteiger partial charge in [0.25, 0.3) is 15.7 Å². The topological polar surface area (TPSA) is 113 Å². The van der Waals surface area contributed by atoms with Gasteiger partial charge >= 0.3 is 0 Å². The number of amides is 1. The second-order valence-corrected chi connectivity index (χ2v) is 10.5. The Kier molecular flexibility index (Phi) is 7.84. The van der Waals surface area contributed by atoms with Crippen LogP contribution in [0.2, 0.25) is 0 Å². The molecule has 0 atom stereocenters. The number of carbonyl (C=O) groups is 1. The number of rotatable bonds is 9. The number of benzene rings is 3. The smallest absolute Gasteiger partial charge is 0.271 e. The summed E-state index contributed by atoms with van der Waals surface area (Å²) >= 11 is 0. The molecule has 1 heterocycles. The molecule has 9 nitrogen and oxygen atoms in total. The van der Waals surface area contributed by atoms with Crippen LogP contribution < -0.4 is 14.5 Å². The SMILES string of the molecule is O=C(CN(c1cccc([N+](=O)[O-])c1)S(=O)(=O)c1ccccc1)NCc1ccc(N2CCCCC2)cc1. The maximum atomic E-state index is 13.4. The van der Waals surface area contributed by atoms with E-state index in [4.69, 9.17) is 0 Å². The minimum absolute atomic E-state index is 0.0161. The predicted octanol–water partition coefficient (Wildman–Crippen LogP) is 4.10. The number of nitro benzene ring substituents is 1. The molecule has 0 aliphatic carbocycles. The highest BCUT2D eigenvalue weighted by atomic mass is 32.2. The number of sulfonamides is 1. The molecule has 1 N–H and O–H groups in total. The fraction of sp³-hybridized carbons (Fsp3) is 0.269. The molecule has 0 spiro atoms. The molecule has 1 aliphatic rings. The molecule has 10 heteroatoms. The van der Waals surface area contributed by atoms with Gasteiger partial charge in [0, 0.05) is 37.5 Å². The molecular weight excluding hydrogens is 480 g/mol. The highest BCUT2D eigenvalue weighted by molar-refractivity contribution is 7.92. The van der Waals surface area contributed by atoms with Gasteiger partial charge in [-0.1, -0.05) is 36.4 Å². The summed E-state index contributed by atoms with van der Waals surface area (Å²) in [5, 5.41) is 14.0. The van der Waals surface area contributed by atoms with Crippen LogP contribution in [0.1, 0.15) is 24.8 Å². The van der Waals surface area contributed by atoms with Gasteiger partial charge in [-0.25, -0.2) is 8.42 Å². The summed E-state index contributed by atoms with van der Waals surface area (Å²) in [7, 11) is -4.15. The van der Waals surface area contributed by atoms with Crippen molar-refractivity contribution < 1.29 is 18.1 Å². The summed E-state index contributed by atoms with van der Waals surface area (Å²) in [5.74, 6) is -0.527. The van der Waals surface area contributed by atoms with Gasteiger partial charge in [0.05, 0.1) is 15.5 Å². The van der Waals surface area contributed by atoms with Gasteiger partial charge < -0.3 is 10.2 Å². The maximum Gasteiger partial charge on any atom is 0.271 e. The number of nitrogens with one attached hydrogen (secondary N) is 1. The third kappa shape index (κ3) is 6.01. The van der Waals surface area contributed by atoms with E-state index in [0.717, 1.165) is 34.7 Å². The lowest BCUT2D eigenvalue weighted by Gasteiger charge is -2.28. The van der Waals surface area contributed by atoms with E-state index in [0.29, 0.717) is 0 Å². The highest BCUT2D eigenvalue weighted by Gasteiger charge is 2.28. The fourth-order valence-electron chi connectivity index (χ4n) is 4.16. The predicted molar refractivity (Wildman–Crippen MR) is 138 cm³/mol. The molecule has 3 aromatic rings. The van der Waals surface area contributed by atoms with Gasteiger partial charge in [0.2, 0.25) is 5.91 Å². The van der Waals surface area contributed by atoms with Crippen molar-refractivity contribution in [1.29, 1.82) is 0 Å². The van der Waals surface area contributed by atoms with Crippen molar-refractivity contribution in [2.45, 2.75) is 30.7 Å². The van der Waals surface area contributed by atoms with E-state index in [9.17, 15) is 23.3 Å². The largest absolute Gasteiger partial charge is 0.372 e. The van der Waals surface area contributed by atoms with Crippen LogP contribution in [0.4, 0.5) is 17.1 Å². The number of hydrogen-bond acceptors (Lipinski definition) is 6. The van der Waals surface area contributed by atoms with E-state index in [2.05, 4.69) is 10.2 Å². The van der Waals surface area contributed by atoms with Crippen molar-refractivity contribution in [3.05, 3.63) is 94.5 Å². The normalized spacial score (nSPS) is 13.7. The average Bonchev–Trinajstić information content (AvgIpc) is 2.92. The zero-order valence-corrected chi connectivity index (χ0v) is 20.6. The minimum atomic E-state index is -4.15. The molecule has 0 radical (unpaired) electrons. The Morgan fingerprint density at radius 2 is 1.64 bits per heavy atom. The lowest BCUT2D eigenvalue weighted by atomic mass is 10.1. The molecule has 1 fully saturated rings. The summed E-state index contributed by atoms with van der Waals surface area (Å²) in [6.07, 6.45) is 3.63. The lowest BCUT2D eigenvalue weighted by molar-refractivity contribution is -0.384. The van der Waals surface area contributed by atoms with Crippen LogP contribution in [0.3, 0.4) is 0 Å². The molecule has 1 aliphatic heterocycles. The lowest BCUT2D eigenvalue weighted by Crippen LogP contribution is -2.40. The van der Waals surface area contributed by atoms with Gasteiger partial charge in [-0.05, 0) is 55.2 Å². The molecule has 36 heavy (non-hydrogen) atoms. The summed E-state index contributed by atoms with van der Waals surface area (Å²) in [5.41, 5.74) is 1.80. The third-order valence-electron chi connectivity index (χ3n) is 6.09. The second kappa shape index (κ2) is 11.2. The Morgan fingerprint density at radius 1 is 0.944 bits per heavy atom. The zero-order valence-electron chi connectivity index (χ0n) is 19.7. The molecule has 0 aromatic heterocycles. The van der Waals surface area contributed by atoms with Crippen molar-refractivity contribution >= 4 is 33.0 Å². The van der Waals surface area contributed by atoms with Gasteiger partial charge in [-0.15, -0.1) is 0 Å². The molecule has 1 amide bonds. The van der Waals surface area contributed by atoms with Crippen LogP contribution in [-0.2, 0) is 21.4 Å². The number of hydrogen-bond donors (Lipinski definition) is 1. The van der Waals surface area contributed by atoms with Crippen LogP contribution in [-0.4, -0.2) is 38.9 Å². The number of non-ortho nitro benzene ring substituents is 1. The molecule has 0 saturated carbocycles. The van der Waals surface area contributed by atoms with Crippen LogP contribution in [0, 0.1) is 10.1 Å². The van der Waals surface area contributed by atoms with Crippen molar-refractivity contribution in [3.63, 3.8) is 0 Å². The van der Waals surface area contributed by atoms with Crippen molar-refractivity contribution in [3.8, 4) is 0 Å². The first kappa shape index (κ1) is 25.2. The van der Waals surface area contributed by atoms with Crippen LogP contribution >= 0.6 is 0 Å². The van der Waals surface area contributed by atoms with E-state index in [1.165, 1.54) is 49.6 Å². The number of piperidine rings is 1. The summed E-state index contributed by atoms with van der Waals surface area (Å²) in [4.78, 5) is 25.8. The molecule has 4 rings (SSSR count). The summed E-state index contributed by atoms with van der Waals surface area (Å²) in [6, 6.07) is 20.9. The quantitative estimate of drug-likeness (QED) is 0.344. The van der Waals surface area contributed by atoms with E-state index in [1.807, 2.05) is 24.3 Å². The Balaban J connectivity index is 1.49. The highest BCUT2D eigenvalue weighted by Crippen LogP contribution is 2.27. The Morgan fingerprint density at radius 3 is 2.31 bits per heavy atom. The number of carbonyl (C=O) groups excluding carboxylic acids is 1. The first-order chi connectivity index (χ1) is 17.3. The summed E-state index contributed by atoms with van der Waals surface area (Å²) in [6.45, 7) is 1.79. The van der Waals surface area contributed by atoms with E-state index >= 15 is 0 Å². The molecule has 188 valence electrons. The average molecular weight is 509 g/mol. The number of anilines is 2. The Labute approximate surface area is 210 Å². The van der Waals surface area contributed by atoms with Crippen molar-refractivity contribution in [1.82, 2.24) is 5.32 Å². The summed E-state index contributed by atoms with van der Waals surface area (Å²) < 4.78 is 27.7. The zero-order chi connectivity index (χ0) is 25.5. The van der Waals surface area contributed by atoms with Crippen LogP contribution in [0.25, 0.3) is 0 Å². The molecule has 3 aromatic carbocycles. The Hall–Kier alpha value is -3.92. The van der Waals surface area contributed by atoms with Gasteiger partial charge in [0.15, 0.2) is 0 Å². The maximum absolute atomic E-state index is 13.4. The van der Waals surface area contributed by atoms with E-state index in [-0.39, 0.29) is 22.8 Å². The minimum Gasteiger partial charge on any atom is -0.372 e.